The summed E-state index contributed by atoms with van der Waals surface area (Å²) in [6, 6.07) is 0. The van der Waals surface area contributed by atoms with E-state index in [-0.39, 0.29) is 19.0 Å². The van der Waals surface area contributed by atoms with E-state index < -0.39 is 12.3 Å². The fourth-order valence-corrected chi connectivity index (χ4v) is 0.812. The van der Waals surface area contributed by atoms with E-state index in [9.17, 15) is 9.59 Å². The lowest BCUT2D eigenvalue weighted by Crippen LogP contribution is -2.20. The lowest BCUT2D eigenvalue weighted by Gasteiger charge is -2.11. The molecule has 0 fully saturated rings. The molecule has 0 aromatic rings. The van der Waals surface area contributed by atoms with Crippen LogP contribution in [-0.2, 0) is 19.0 Å². The second-order valence-electron chi connectivity index (χ2n) is 2.62. The standard InChI is InChI=1S/C9H16O5/c1-4-12-8(10)6-7(3)14-9(11)13-5-2/h7H,4-6H2,1-3H3. The summed E-state index contributed by atoms with van der Waals surface area (Å²) in [4.78, 5) is 21.7. The van der Waals surface area contributed by atoms with Gasteiger partial charge in [-0.25, -0.2) is 4.79 Å². The van der Waals surface area contributed by atoms with Crippen LogP contribution in [0.25, 0.3) is 0 Å². The van der Waals surface area contributed by atoms with Crippen molar-refractivity contribution in [1.82, 2.24) is 0 Å². The van der Waals surface area contributed by atoms with Gasteiger partial charge in [-0.3, -0.25) is 4.79 Å². The smallest absolute Gasteiger partial charge is 0.466 e. The van der Waals surface area contributed by atoms with E-state index in [2.05, 4.69) is 9.47 Å². The maximum Gasteiger partial charge on any atom is 0.508 e. The highest BCUT2D eigenvalue weighted by atomic mass is 16.7. The SMILES string of the molecule is CCOC(=O)CC(C)OC(=O)OCC. The normalized spacial score (nSPS) is 11.6. The van der Waals surface area contributed by atoms with Gasteiger partial charge in [-0.15, -0.1) is 0 Å². The number of carbonyl (C=O) groups is 2. The fourth-order valence-electron chi connectivity index (χ4n) is 0.812. The quantitative estimate of drug-likeness (QED) is 0.635. The van der Waals surface area contributed by atoms with Gasteiger partial charge in [-0.05, 0) is 20.8 Å². The largest absolute Gasteiger partial charge is 0.508 e. The monoisotopic (exact) mass is 204 g/mol. The number of ether oxygens (including phenoxy) is 3. The van der Waals surface area contributed by atoms with Crippen LogP contribution in [0.4, 0.5) is 4.79 Å². The first-order chi connectivity index (χ1) is 6.60. The van der Waals surface area contributed by atoms with E-state index in [1.807, 2.05) is 0 Å². The predicted molar refractivity (Wildman–Crippen MR) is 48.8 cm³/mol. The lowest BCUT2D eigenvalue weighted by atomic mass is 10.3. The molecule has 1 unspecified atom stereocenters. The van der Waals surface area contributed by atoms with Gasteiger partial charge >= 0.3 is 12.1 Å². The zero-order chi connectivity index (χ0) is 11.0. The summed E-state index contributed by atoms with van der Waals surface area (Å²) in [5.74, 6) is -0.385. The summed E-state index contributed by atoms with van der Waals surface area (Å²) in [5.41, 5.74) is 0. The summed E-state index contributed by atoms with van der Waals surface area (Å²) >= 11 is 0. The van der Waals surface area contributed by atoms with Crippen LogP contribution in [0, 0.1) is 0 Å². The Kier molecular flexibility index (Phi) is 6.53. The van der Waals surface area contributed by atoms with Gasteiger partial charge in [-0.1, -0.05) is 0 Å². The lowest BCUT2D eigenvalue weighted by molar-refractivity contribution is -0.145. The van der Waals surface area contributed by atoms with Crippen molar-refractivity contribution in [2.24, 2.45) is 0 Å². The van der Waals surface area contributed by atoms with Crippen LogP contribution in [0.1, 0.15) is 27.2 Å². The van der Waals surface area contributed by atoms with Crippen LogP contribution < -0.4 is 0 Å². The van der Waals surface area contributed by atoms with E-state index in [0.29, 0.717) is 6.61 Å². The Balaban J connectivity index is 3.68. The molecular weight excluding hydrogens is 188 g/mol. The molecule has 0 aromatic heterocycles. The second-order valence-corrected chi connectivity index (χ2v) is 2.62. The summed E-state index contributed by atoms with van der Waals surface area (Å²) in [7, 11) is 0. The molecule has 0 aliphatic rings. The molecule has 0 bridgehead atoms. The number of rotatable bonds is 5. The van der Waals surface area contributed by atoms with E-state index in [0.717, 1.165) is 0 Å². The van der Waals surface area contributed by atoms with Gasteiger partial charge in [0.15, 0.2) is 0 Å². The van der Waals surface area contributed by atoms with Crippen molar-refractivity contribution < 1.29 is 23.8 Å². The minimum atomic E-state index is -0.760. The molecule has 5 heteroatoms. The maximum absolute atomic E-state index is 10.9. The van der Waals surface area contributed by atoms with E-state index >= 15 is 0 Å². The van der Waals surface area contributed by atoms with Crippen molar-refractivity contribution in [3.63, 3.8) is 0 Å². The Hall–Kier alpha value is -1.26. The van der Waals surface area contributed by atoms with E-state index in [1.54, 1.807) is 20.8 Å². The molecule has 0 aliphatic heterocycles. The Morgan fingerprint density at radius 3 is 2.21 bits per heavy atom. The van der Waals surface area contributed by atoms with Gasteiger partial charge in [0.2, 0.25) is 0 Å². The number of carbonyl (C=O) groups excluding carboxylic acids is 2. The molecule has 1 atom stereocenters. The molecule has 0 aliphatic carbocycles. The van der Waals surface area contributed by atoms with E-state index in [4.69, 9.17) is 4.74 Å². The van der Waals surface area contributed by atoms with Crippen molar-refractivity contribution >= 4 is 12.1 Å². The van der Waals surface area contributed by atoms with E-state index in [1.165, 1.54) is 0 Å². The Labute approximate surface area is 83.3 Å². The molecule has 0 N–H and O–H groups in total. The van der Waals surface area contributed by atoms with Crippen molar-refractivity contribution in [2.45, 2.75) is 33.3 Å². The van der Waals surface area contributed by atoms with Crippen LogP contribution in [-0.4, -0.2) is 31.4 Å². The number of esters is 1. The first-order valence-electron chi connectivity index (χ1n) is 4.59. The summed E-state index contributed by atoms with van der Waals surface area (Å²) in [6.45, 7) is 5.58. The molecule has 0 spiro atoms. The van der Waals surface area contributed by atoms with Crippen molar-refractivity contribution in [1.29, 1.82) is 0 Å². The van der Waals surface area contributed by atoms with Crippen LogP contribution in [0.2, 0.25) is 0 Å². The van der Waals surface area contributed by atoms with Gasteiger partial charge in [0.05, 0.1) is 19.6 Å². The van der Waals surface area contributed by atoms with Gasteiger partial charge in [-0.2, -0.15) is 0 Å². The summed E-state index contributed by atoms with van der Waals surface area (Å²) in [6.07, 6.45) is -1.23. The first kappa shape index (κ1) is 12.7. The molecule has 5 nitrogen and oxygen atoms in total. The van der Waals surface area contributed by atoms with Crippen molar-refractivity contribution in [2.75, 3.05) is 13.2 Å². The van der Waals surface area contributed by atoms with Gasteiger partial charge in [0.1, 0.15) is 6.10 Å². The third-order valence-electron chi connectivity index (χ3n) is 1.32. The Morgan fingerprint density at radius 2 is 1.71 bits per heavy atom. The molecular formula is C9H16O5. The third-order valence-corrected chi connectivity index (χ3v) is 1.32. The maximum atomic E-state index is 10.9. The first-order valence-corrected chi connectivity index (χ1v) is 4.59. The molecule has 0 saturated carbocycles. The van der Waals surface area contributed by atoms with Crippen LogP contribution in [0.3, 0.4) is 0 Å². The third kappa shape index (κ3) is 6.28. The van der Waals surface area contributed by atoms with Gasteiger partial charge < -0.3 is 14.2 Å². The topological polar surface area (TPSA) is 61.8 Å². The van der Waals surface area contributed by atoms with Crippen molar-refractivity contribution in [3.8, 4) is 0 Å². The Bertz CT molecular complexity index is 170. The molecule has 0 saturated heterocycles. The van der Waals surface area contributed by atoms with Crippen LogP contribution >= 0.6 is 0 Å². The molecule has 0 amide bonds. The Morgan fingerprint density at radius 1 is 1.14 bits per heavy atom. The zero-order valence-corrected chi connectivity index (χ0v) is 8.74. The van der Waals surface area contributed by atoms with Crippen LogP contribution in [0.15, 0.2) is 0 Å². The average Bonchev–Trinajstić information content (AvgIpc) is 2.03. The summed E-state index contributed by atoms with van der Waals surface area (Å²) in [5, 5.41) is 0. The molecule has 0 rings (SSSR count). The summed E-state index contributed by atoms with van der Waals surface area (Å²) < 4.78 is 14.0. The predicted octanol–water partition coefficient (Wildman–Crippen LogP) is 1.50. The molecule has 0 radical (unpaired) electrons. The average molecular weight is 204 g/mol. The highest BCUT2D eigenvalue weighted by molar-refractivity contribution is 5.70. The highest BCUT2D eigenvalue weighted by Gasteiger charge is 2.14. The second kappa shape index (κ2) is 7.17. The highest BCUT2D eigenvalue weighted by Crippen LogP contribution is 2.01. The fraction of sp³-hybridized carbons (Fsp3) is 0.778. The molecule has 0 aromatic carbocycles. The van der Waals surface area contributed by atoms with Crippen molar-refractivity contribution in [3.05, 3.63) is 0 Å². The van der Waals surface area contributed by atoms with Gasteiger partial charge in [0, 0.05) is 0 Å². The minimum Gasteiger partial charge on any atom is -0.466 e. The zero-order valence-electron chi connectivity index (χ0n) is 8.74. The minimum absolute atomic E-state index is 0.0483. The number of hydrogen-bond acceptors (Lipinski definition) is 5. The molecule has 82 valence electrons. The molecule has 14 heavy (non-hydrogen) atoms. The molecule has 0 heterocycles. The number of hydrogen-bond donors (Lipinski definition) is 0. The van der Waals surface area contributed by atoms with Gasteiger partial charge in [0.25, 0.3) is 0 Å². The van der Waals surface area contributed by atoms with Crippen LogP contribution in [0.5, 0.6) is 0 Å².